The van der Waals surface area contributed by atoms with Crippen molar-refractivity contribution in [3.8, 4) is 0 Å². The second-order valence-corrected chi connectivity index (χ2v) is 7.13. The third-order valence-corrected chi connectivity index (χ3v) is 5.04. The van der Waals surface area contributed by atoms with Crippen LogP contribution in [0.2, 0.25) is 0 Å². The Bertz CT molecular complexity index is 595. The van der Waals surface area contributed by atoms with E-state index in [0.717, 1.165) is 32.1 Å². The molecule has 5 nitrogen and oxygen atoms in total. The number of benzene rings is 1. The van der Waals surface area contributed by atoms with Crippen molar-refractivity contribution in [2.75, 3.05) is 13.1 Å². The molecule has 2 atom stereocenters. The maximum Gasteiger partial charge on any atom is 0.314 e. The lowest BCUT2D eigenvalue weighted by atomic mass is 9.98. The van der Waals surface area contributed by atoms with Crippen LogP contribution in [0.25, 0.3) is 0 Å². The van der Waals surface area contributed by atoms with Gasteiger partial charge in [-0.25, -0.2) is 4.79 Å². The Morgan fingerprint density at radius 2 is 1.96 bits per heavy atom. The van der Waals surface area contributed by atoms with Crippen molar-refractivity contribution >= 4 is 12.0 Å². The van der Waals surface area contributed by atoms with Crippen LogP contribution >= 0.6 is 0 Å². The molecular formula is C19H26N2O3. The van der Waals surface area contributed by atoms with Gasteiger partial charge >= 0.3 is 12.0 Å². The first-order valence-electron chi connectivity index (χ1n) is 8.83. The third kappa shape index (κ3) is 4.28. The van der Waals surface area contributed by atoms with E-state index < -0.39 is 6.03 Å². The molecule has 1 aliphatic heterocycles. The predicted octanol–water partition coefficient (Wildman–Crippen LogP) is 2.65. The minimum absolute atomic E-state index is 0.0517. The number of amides is 2. The number of nitrogens with zero attached hydrogens (tertiary/aromatic N) is 1. The highest BCUT2D eigenvalue weighted by Crippen LogP contribution is 2.36. The molecule has 1 saturated carbocycles. The number of carbonyl (C=O) groups excluding carboxylic acids is 2. The first-order valence-corrected chi connectivity index (χ1v) is 8.83. The van der Waals surface area contributed by atoms with Gasteiger partial charge in [0.25, 0.3) is 0 Å². The number of ether oxygens (including phenoxy) is 1. The van der Waals surface area contributed by atoms with Crippen molar-refractivity contribution < 1.29 is 14.3 Å². The SMILES string of the molecule is Cc1ccc(C[C@@H](OC(=O)[C@@H]2CCCN(C(N)=O)C2)C2CC2)cc1. The second-order valence-electron chi connectivity index (χ2n) is 7.13. The number of urea groups is 1. The average Bonchev–Trinajstić information content (AvgIpc) is 3.41. The molecule has 1 aromatic rings. The van der Waals surface area contributed by atoms with Gasteiger partial charge in [-0.15, -0.1) is 0 Å². The number of esters is 1. The van der Waals surface area contributed by atoms with Crippen molar-refractivity contribution in [1.29, 1.82) is 0 Å². The number of piperidine rings is 1. The molecule has 2 N–H and O–H groups in total. The first kappa shape index (κ1) is 16.8. The molecule has 3 rings (SSSR count). The molecule has 0 aromatic heterocycles. The summed E-state index contributed by atoms with van der Waals surface area (Å²) in [7, 11) is 0. The van der Waals surface area contributed by atoms with E-state index in [4.69, 9.17) is 10.5 Å². The fourth-order valence-corrected chi connectivity index (χ4v) is 3.34. The van der Waals surface area contributed by atoms with Crippen molar-refractivity contribution in [2.45, 2.75) is 45.1 Å². The lowest BCUT2D eigenvalue weighted by molar-refractivity contribution is -0.156. The van der Waals surface area contributed by atoms with E-state index in [-0.39, 0.29) is 18.0 Å². The Morgan fingerprint density at radius 1 is 1.25 bits per heavy atom. The molecule has 0 bridgehead atoms. The van der Waals surface area contributed by atoms with Gasteiger partial charge in [0.1, 0.15) is 6.10 Å². The average molecular weight is 330 g/mol. The van der Waals surface area contributed by atoms with E-state index in [1.54, 1.807) is 4.90 Å². The van der Waals surface area contributed by atoms with E-state index in [0.29, 0.717) is 19.0 Å². The highest BCUT2D eigenvalue weighted by molar-refractivity contribution is 5.76. The molecule has 1 aromatic carbocycles. The van der Waals surface area contributed by atoms with Crippen LogP contribution in [0.15, 0.2) is 24.3 Å². The van der Waals surface area contributed by atoms with E-state index in [9.17, 15) is 9.59 Å². The number of likely N-dealkylation sites (tertiary alicyclic amines) is 1. The van der Waals surface area contributed by atoms with Crippen LogP contribution in [-0.4, -0.2) is 36.1 Å². The first-order chi connectivity index (χ1) is 11.5. The number of hydrogen-bond donors (Lipinski definition) is 1. The van der Waals surface area contributed by atoms with Gasteiger partial charge in [0, 0.05) is 19.5 Å². The minimum atomic E-state index is -0.453. The van der Waals surface area contributed by atoms with E-state index in [1.165, 1.54) is 11.1 Å². The van der Waals surface area contributed by atoms with E-state index in [1.807, 2.05) is 0 Å². The summed E-state index contributed by atoms with van der Waals surface area (Å²) in [6.45, 7) is 3.08. The van der Waals surface area contributed by atoms with Gasteiger partial charge in [0.15, 0.2) is 0 Å². The molecule has 0 spiro atoms. The van der Waals surface area contributed by atoms with Crippen LogP contribution in [0.4, 0.5) is 4.79 Å². The van der Waals surface area contributed by atoms with Gasteiger partial charge in [0.2, 0.25) is 0 Å². The van der Waals surface area contributed by atoms with Crippen molar-refractivity contribution in [3.63, 3.8) is 0 Å². The highest BCUT2D eigenvalue weighted by atomic mass is 16.5. The normalized spacial score (nSPS) is 22.0. The van der Waals surface area contributed by atoms with Crippen LogP contribution in [0.3, 0.4) is 0 Å². The van der Waals surface area contributed by atoms with Gasteiger partial charge in [-0.3, -0.25) is 4.79 Å². The monoisotopic (exact) mass is 330 g/mol. The largest absolute Gasteiger partial charge is 0.461 e. The molecule has 5 heteroatoms. The molecule has 130 valence electrons. The fourth-order valence-electron chi connectivity index (χ4n) is 3.34. The number of nitrogens with two attached hydrogens (primary N) is 1. The number of primary amides is 1. The Morgan fingerprint density at radius 3 is 2.58 bits per heavy atom. The number of carbonyl (C=O) groups is 2. The van der Waals surface area contributed by atoms with Crippen LogP contribution in [-0.2, 0) is 16.0 Å². The standard InChI is InChI=1S/C19H26N2O3/c1-13-4-6-14(7-5-13)11-17(15-8-9-15)24-18(22)16-3-2-10-21(12-16)19(20)23/h4-7,15-17H,2-3,8-12H2,1H3,(H2,20,23)/t16-,17-/m1/s1. The highest BCUT2D eigenvalue weighted by Gasteiger charge is 2.36. The van der Waals surface area contributed by atoms with Gasteiger partial charge in [-0.1, -0.05) is 29.8 Å². The zero-order valence-corrected chi connectivity index (χ0v) is 14.2. The topological polar surface area (TPSA) is 72.6 Å². The number of aryl methyl sites for hydroxylation is 1. The molecule has 0 radical (unpaired) electrons. The summed E-state index contributed by atoms with van der Waals surface area (Å²) in [6.07, 6.45) is 4.54. The molecule has 2 aliphatic rings. The maximum atomic E-state index is 12.6. The summed E-state index contributed by atoms with van der Waals surface area (Å²) in [5, 5.41) is 0. The molecule has 1 saturated heterocycles. The van der Waals surface area contributed by atoms with Crippen LogP contribution in [0.5, 0.6) is 0 Å². The van der Waals surface area contributed by atoms with Gasteiger partial charge in [-0.2, -0.15) is 0 Å². The Kier molecular flexibility index (Phi) is 5.07. The lowest BCUT2D eigenvalue weighted by Crippen LogP contribution is -2.45. The van der Waals surface area contributed by atoms with Crippen LogP contribution in [0, 0.1) is 18.8 Å². The van der Waals surface area contributed by atoms with Crippen LogP contribution < -0.4 is 5.73 Å². The van der Waals surface area contributed by atoms with Crippen molar-refractivity contribution in [2.24, 2.45) is 17.6 Å². The van der Waals surface area contributed by atoms with E-state index >= 15 is 0 Å². The third-order valence-electron chi connectivity index (χ3n) is 5.04. The van der Waals surface area contributed by atoms with Crippen LogP contribution in [0.1, 0.15) is 36.8 Å². The quantitative estimate of drug-likeness (QED) is 0.844. The lowest BCUT2D eigenvalue weighted by Gasteiger charge is -2.31. The molecule has 24 heavy (non-hydrogen) atoms. The Balaban J connectivity index is 1.59. The molecule has 1 aliphatic carbocycles. The summed E-state index contributed by atoms with van der Waals surface area (Å²) in [5.74, 6) is 0.0570. The Labute approximate surface area is 143 Å². The summed E-state index contributed by atoms with van der Waals surface area (Å²) in [4.78, 5) is 25.4. The maximum absolute atomic E-state index is 12.6. The summed E-state index contributed by atoms with van der Waals surface area (Å²) in [6, 6.07) is 7.94. The second kappa shape index (κ2) is 7.24. The molecule has 1 heterocycles. The van der Waals surface area contributed by atoms with Gasteiger partial charge in [-0.05, 0) is 44.1 Å². The molecular weight excluding hydrogens is 304 g/mol. The van der Waals surface area contributed by atoms with Gasteiger partial charge < -0.3 is 15.4 Å². The zero-order chi connectivity index (χ0) is 17.1. The van der Waals surface area contributed by atoms with E-state index in [2.05, 4.69) is 31.2 Å². The zero-order valence-electron chi connectivity index (χ0n) is 14.2. The number of hydrogen-bond acceptors (Lipinski definition) is 3. The Hall–Kier alpha value is -2.04. The van der Waals surface area contributed by atoms with Crippen molar-refractivity contribution in [3.05, 3.63) is 35.4 Å². The molecule has 0 unspecified atom stereocenters. The number of rotatable bonds is 5. The molecule has 2 fully saturated rings. The minimum Gasteiger partial charge on any atom is -0.461 e. The summed E-state index contributed by atoms with van der Waals surface area (Å²) < 4.78 is 5.86. The van der Waals surface area contributed by atoms with Gasteiger partial charge in [0.05, 0.1) is 5.92 Å². The molecule has 2 amide bonds. The fraction of sp³-hybridized carbons (Fsp3) is 0.579. The summed E-state index contributed by atoms with van der Waals surface area (Å²) >= 11 is 0. The predicted molar refractivity (Wildman–Crippen MR) is 91.4 cm³/mol. The smallest absolute Gasteiger partial charge is 0.314 e. The summed E-state index contributed by atoms with van der Waals surface area (Å²) in [5.41, 5.74) is 7.77. The van der Waals surface area contributed by atoms with Crippen molar-refractivity contribution in [1.82, 2.24) is 4.90 Å².